The van der Waals surface area contributed by atoms with Crippen molar-refractivity contribution in [3.8, 4) is 5.75 Å². The predicted molar refractivity (Wildman–Crippen MR) is 78.2 cm³/mol. The van der Waals surface area contributed by atoms with Crippen LogP contribution >= 0.6 is 15.9 Å². The molecule has 4 heteroatoms. The molecule has 3 rings (SSSR count). The van der Waals surface area contributed by atoms with Crippen molar-refractivity contribution in [2.45, 2.75) is 12.8 Å². The molecule has 100 valence electrons. The molecule has 1 saturated carbocycles. The third kappa shape index (κ3) is 2.41. The molecule has 3 nitrogen and oxygen atoms in total. The molecule has 0 aliphatic heterocycles. The summed E-state index contributed by atoms with van der Waals surface area (Å²) >= 11 is 3.45. The molecule has 2 aliphatic rings. The van der Waals surface area contributed by atoms with Crippen molar-refractivity contribution >= 4 is 27.5 Å². The van der Waals surface area contributed by atoms with Gasteiger partial charge in [0.2, 0.25) is 5.91 Å². The highest BCUT2D eigenvalue weighted by Gasteiger charge is 2.39. The second kappa shape index (κ2) is 5.00. The number of methoxy groups -OCH3 is 1. The maximum atomic E-state index is 12.3. The standard InChI is InChI=1S/C15H16BrNO2/c1-19-11-4-5-13(16)14(8-11)17-15(18)12-7-9-2-3-10(12)6-9/h2-5,8-10,12H,6-7H2,1H3,(H,17,18). The van der Waals surface area contributed by atoms with E-state index in [4.69, 9.17) is 4.74 Å². The fourth-order valence-corrected chi connectivity index (χ4v) is 3.38. The molecule has 1 N–H and O–H groups in total. The maximum Gasteiger partial charge on any atom is 0.228 e. The summed E-state index contributed by atoms with van der Waals surface area (Å²) in [6.45, 7) is 0. The highest BCUT2D eigenvalue weighted by molar-refractivity contribution is 9.10. The summed E-state index contributed by atoms with van der Waals surface area (Å²) in [5.74, 6) is 2.01. The van der Waals surface area contributed by atoms with Crippen LogP contribution in [0.4, 0.5) is 5.69 Å². The number of benzene rings is 1. The topological polar surface area (TPSA) is 38.3 Å². The van der Waals surface area contributed by atoms with E-state index < -0.39 is 0 Å². The van der Waals surface area contributed by atoms with Crippen LogP contribution in [0.25, 0.3) is 0 Å². The number of amides is 1. The number of rotatable bonds is 3. The van der Waals surface area contributed by atoms with E-state index >= 15 is 0 Å². The molecule has 2 bridgehead atoms. The van der Waals surface area contributed by atoms with Gasteiger partial charge in [0, 0.05) is 16.5 Å². The van der Waals surface area contributed by atoms with E-state index in [9.17, 15) is 4.79 Å². The lowest BCUT2D eigenvalue weighted by molar-refractivity contribution is -0.120. The van der Waals surface area contributed by atoms with E-state index in [1.54, 1.807) is 7.11 Å². The van der Waals surface area contributed by atoms with Crippen molar-refractivity contribution in [3.05, 3.63) is 34.8 Å². The van der Waals surface area contributed by atoms with Crippen molar-refractivity contribution in [2.24, 2.45) is 17.8 Å². The minimum atomic E-state index is 0.116. The van der Waals surface area contributed by atoms with Crippen LogP contribution in [0, 0.1) is 17.8 Å². The Morgan fingerprint density at radius 1 is 1.37 bits per heavy atom. The van der Waals surface area contributed by atoms with Gasteiger partial charge in [-0.2, -0.15) is 0 Å². The van der Waals surface area contributed by atoms with E-state index in [2.05, 4.69) is 33.4 Å². The van der Waals surface area contributed by atoms with Gasteiger partial charge in [0.25, 0.3) is 0 Å². The fraction of sp³-hybridized carbons (Fsp3) is 0.400. The van der Waals surface area contributed by atoms with Crippen molar-refractivity contribution in [3.63, 3.8) is 0 Å². The highest BCUT2D eigenvalue weighted by atomic mass is 79.9. The van der Waals surface area contributed by atoms with Crippen LogP contribution in [0.15, 0.2) is 34.8 Å². The van der Waals surface area contributed by atoms with Gasteiger partial charge in [-0.1, -0.05) is 12.2 Å². The van der Waals surface area contributed by atoms with Crippen LogP contribution < -0.4 is 10.1 Å². The molecule has 3 unspecified atom stereocenters. The predicted octanol–water partition coefficient (Wildman–Crippen LogP) is 3.61. The molecule has 0 saturated heterocycles. The Hall–Kier alpha value is -1.29. The number of carbonyl (C=O) groups excluding carboxylic acids is 1. The first-order valence-electron chi connectivity index (χ1n) is 6.50. The zero-order chi connectivity index (χ0) is 13.4. The van der Waals surface area contributed by atoms with E-state index in [-0.39, 0.29) is 11.8 Å². The largest absolute Gasteiger partial charge is 0.497 e. The molecule has 0 aromatic heterocycles. The van der Waals surface area contributed by atoms with Gasteiger partial charge in [-0.3, -0.25) is 4.79 Å². The van der Waals surface area contributed by atoms with Gasteiger partial charge in [-0.15, -0.1) is 0 Å². The maximum absolute atomic E-state index is 12.3. The van der Waals surface area contributed by atoms with Gasteiger partial charge in [0.05, 0.1) is 12.8 Å². The van der Waals surface area contributed by atoms with Crippen LogP contribution in [0.3, 0.4) is 0 Å². The Morgan fingerprint density at radius 3 is 2.84 bits per heavy atom. The Bertz CT molecular complexity index is 541. The van der Waals surface area contributed by atoms with Gasteiger partial charge in [0.15, 0.2) is 0 Å². The zero-order valence-electron chi connectivity index (χ0n) is 10.7. The average Bonchev–Trinajstić information content (AvgIpc) is 3.03. The van der Waals surface area contributed by atoms with Crippen molar-refractivity contribution < 1.29 is 9.53 Å². The van der Waals surface area contributed by atoms with Crippen molar-refractivity contribution in [1.82, 2.24) is 0 Å². The highest BCUT2D eigenvalue weighted by Crippen LogP contribution is 2.44. The molecular formula is C15H16BrNO2. The van der Waals surface area contributed by atoms with Crippen LogP contribution in [0.2, 0.25) is 0 Å². The lowest BCUT2D eigenvalue weighted by atomic mass is 9.93. The van der Waals surface area contributed by atoms with E-state index in [1.807, 2.05) is 18.2 Å². The Balaban J connectivity index is 1.74. The van der Waals surface area contributed by atoms with E-state index in [1.165, 1.54) is 0 Å². The zero-order valence-corrected chi connectivity index (χ0v) is 12.3. The summed E-state index contributed by atoms with van der Waals surface area (Å²) in [6, 6.07) is 5.58. The van der Waals surface area contributed by atoms with Crippen LogP contribution in [-0.4, -0.2) is 13.0 Å². The molecule has 2 aliphatic carbocycles. The van der Waals surface area contributed by atoms with E-state index in [0.717, 1.165) is 28.8 Å². The molecule has 0 spiro atoms. The van der Waals surface area contributed by atoms with Gasteiger partial charge in [-0.25, -0.2) is 0 Å². The second-order valence-electron chi connectivity index (χ2n) is 5.22. The van der Waals surface area contributed by atoms with E-state index in [0.29, 0.717) is 11.8 Å². The molecular weight excluding hydrogens is 306 g/mol. The number of fused-ring (bicyclic) bond motifs is 2. The molecule has 1 fully saturated rings. The third-order valence-corrected chi connectivity index (χ3v) is 4.74. The van der Waals surface area contributed by atoms with Crippen molar-refractivity contribution in [1.29, 1.82) is 0 Å². The second-order valence-corrected chi connectivity index (χ2v) is 6.08. The molecule has 0 radical (unpaired) electrons. The number of anilines is 1. The van der Waals surface area contributed by atoms with Crippen LogP contribution in [-0.2, 0) is 4.79 Å². The quantitative estimate of drug-likeness (QED) is 0.864. The number of carbonyl (C=O) groups is 1. The number of allylic oxidation sites excluding steroid dienone is 2. The van der Waals surface area contributed by atoms with Gasteiger partial charge >= 0.3 is 0 Å². The summed E-state index contributed by atoms with van der Waals surface area (Å²) in [4.78, 5) is 12.3. The molecule has 1 amide bonds. The number of ether oxygens (including phenoxy) is 1. The smallest absolute Gasteiger partial charge is 0.228 e. The first-order valence-corrected chi connectivity index (χ1v) is 7.29. The van der Waals surface area contributed by atoms with Gasteiger partial charge < -0.3 is 10.1 Å². The Morgan fingerprint density at radius 2 is 2.21 bits per heavy atom. The number of halogens is 1. The summed E-state index contributed by atoms with van der Waals surface area (Å²) in [6.07, 6.45) is 6.56. The minimum Gasteiger partial charge on any atom is -0.497 e. The summed E-state index contributed by atoms with van der Waals surface area (Å²) in [7, 11) is 1.62. The monoisotopic (exact) mass is 321 g/mol. The molecule has 1 aromatic rings. The lowest BCUT2D eigenvalue weighted by Gasteiger charge is -2.18. The molecule has 0 heterocycles. The van der Waals surface area contributed by atoms with Gasteiger partial charge in [-0.05, 0) is 52.7 Å². The SMILES string of the molecule is COc1ccc(Br)c(NC(=O)C2CC3C=CC2C3)c1. The third-order valence-electron chi connectivity index (χ3n) is 4.05. The average molecular weight is 322 g/mol. The van der Waals surface area contributed by atoms with Crippen LogP contribution in [0.5, 0.6) is 5.75 Å². The lowest BCUT2D eigenvalue weighted by Crippen LogP contribution is -2.26. The molecule has 3 atom stereocenters. The first-order chi connectivity index (χ1) is 9.17. The fourth-order valence-electron chi connectivity index (χ4n) is 3.03. The van der Waals surface area contributed by atoms with Gasteiger partial charge in [0.1, 0.15) is 5.75 Å². The Labute approximate surface area is 121 Å². The molecule has 19 heavy (non-hydrogen) atoms. The number of nitrogens with one attached hydrogen (secondary N) is 1. The summed E-state index contributed by atoms with van der Waals surface area (Å²) < 4.78 is 6.06. The molecule has 1 aromatic carbocycles. The normalized spacial score (nSPS) is 27.6. The minimum absolute atomic E-state index is 0.116. The summed E-state index contributed by atoms with van der Waals surface area (Å²) in [5, 5.41) is 3.01. The summed E-state index contributed by atoms with van der Waals surface area (Å²) in [5.41, 5.74) is 0.774. The Kier molecular flexibility index (Phi) is 3.35. The van der Waals surface area contributed by atoms with Crippen LogP contribution in [0.1, 0.15) is 12.8 Å². The number of hydrogen-bond acceptors (Lipinski definition) is 2. The number of hydrogen-bond donors (Lipinski definition) is 1. The van der Waals surface area contributed by atoms with Crippen molar-refractivity contribution in [2.75, 3.05) is 12.4 Å². The first kappa shape index (κ1) is 12.7.